The fraction of sp³-hybridized carbons (Fsp3) is 0.429. The molecule has 1 aromatic rings. The van der Waals surface area contributed by atoms with Gasteiger partial charge in [-0.15, -0.1) is 0 Å². The average molecular weight is 299 g/mol. The number of hydrogen-bond acceptors (Lipinski definition) is 3. The summed E-state index contributed by atoms with van der Waals surface area (Å²) in [7, 11) is 0. The van der Waals surface area contributed by atoms with Crippen molar-refractivity contribution in [2.45, 2.75) is 25.9 Å². The van der Waals surface area contributed by atoms with Crippen LogP contribution < -0.4 is 11.1 Å². The van der Waals surface area contributed by atoms with Crippen LogP contribution in [0, 0.1) is 17.2 Å². The minimum Gasteiger partial charge on any atom is -0.330 e. The van der Waals surface area contributed by atoms with Crippen molar-refractivity contribution in [2.75, 3.05) is 11.9 Å². The number of carbonyl (C=O) groups is 1. The third-order valence-electron chi connectivity index (χ3n) is 3.11. The molecule has 21 heavy (non-hydrogen) atoms. The van der Waals surface area contributed by atoms with E-state index in [0.29, 0.717) is 13.0 Å². The highest BCUT2D eigenvalue weighted by Gasteiger charge is 2.34. The maximum atomic E-state index is 12.8. The summed E-state index contributed by atoms with van der Waals surface area (Å²) in [5.74, 6) is -0.407. The summed E-state index contributed by atoms with van der Waals surface area (Å²) >= 11 is 0. The zero-order valence-corrected chi connectivity index (χ0v) is 11.5. The fourth-order valence-corrected chi connectivity index (χ4v) is 1.82. The highest BCUT2D eigenvalue weighted by Crippen LogP contribution is 2.33. The highest BCUT2D eigenvalue weighted by atomic mass is 19.4. The number of amides is 1. The van der Waals surface area contributed by atoms with E-state index >= 15 is 0 Å². The van der Waals surface area contributed by atoms with Gasteiger partial charge in [0.2, 0.25) is 5.91 Å². The molecule has 0 aromatic heterocycles. The fourth-order valence-electron chi connectivity index (χ4n) is 1.82. The molecule has 0 saturated carbocycles. The summed E-state index contributed by atoms with van der Waals surface area (Å²) in [6.45, 7) is 2.22. The molecular weight excluding hydrogens is 283 g/mol. The van der Waals surface area contributed by atoms with Crippen LogP contribution in [0.15, 0.2) is 18.2 Å². The zero-order valence-electron chi connectivity index (χ0n) is 11.5. The van der Waals surface area contributed by atoms with Gasteiger partial charge in [0.05, 0.1) is 17.2 Å². The first-order chi connectivity index (χ1) is 9.81. The number of carbonyl (C=O) groups excluding carboxylic acids is 1. The molecule has 0 bridgehead atoms. The Bertz CT molecular complexity index is 545. The van der Waals surface area contributed by atoms with Crippen molar-refractivity contribution < 1.29 is 18.0 Å². The smallest absolute Gasteiger partial charge is 0.330 e. The molecule has 7 heteroatoms. The summed E-state index contributed by atoms with van der Waals surface area (Å²) < 4.78 is 38.4. The molecule has 0 fully saturated rings. The van der Waals surface area contributed by atoms with Gasteiger partial charge in [0, 0.05) is 12.1 Å². The van der Waals surface area contributed by atoms with Crippen molar-refractivity contribution in [1.29, 1.82) is 5.26 Å². The first-order valence-electron chi connectivity index (χ1n) is 6.43. The van der Waals surface area contributed by atoms with Crippen LogP contribution in [0.25, 0.3) is 0 Å². The number of nitrogens with one attached hydrogen (secondary N) is 1. The molecular formula is C14H16F3N3O. The van der Waals surface area contributed by atoms with E-state index < -0.39 is 23.2 Å². The number of benzene rings is 1. The number of nitriles is 1. The van der Waals surface area contributed by atoms with Gasteiger partial charge in [-0.25, -0.2) is 0 Å². The van der Waals surface area contributed by atoms with Gasteiger partial charge in [0.1, 0.15) is 0 Å². The van der Waals surface area contributed by atoms with Crippen LogP contribution >= 0.6 is 0 Å². The second-order valence-electron chi connectivity index (χ2n) is 4.63. The lowest BCUT2D eigenvalue weighted by atomic mass is 10.0. The molecule has 114 valence electrons. The van der Waals surface area contributed by atoms with Gasteiger partial charge < -0.3 is 11.1 Å². The predicted octanol–water partition coefficient (Wildman–Crippen LogP) is 2.89. The van der Waals surface area contributed by atoms with Crippen molar-refractivity contribution in [3.05, 3.63) is 29.3 Å². The molecule has 0 aliphatic carbocycles. The van der Waals surface area contributed by atoms with Gasteiger partial charge in [-0.3, -0.25) is 4.79 Å². The van der Waals surface area contributed by atoms with Gasteiger partial charge in [-0.1, -0.05) is 13.3 Å². The summed E-state index contributed by atoms with van der Waals surface area (Å²) in [6, 6.07) is 4.56. The van der Waals surface area contributed by atoms with E-state index in [9.17, 15) is 18.0 Å². The van der Waals surface area contributed by atoms with Crippen LogP contribution in [-0.2, 0) is 11.0 Å². The molecule has 0 heterocycles. The molecule has 1 unspecified atom stereocenters. The van der Waals surface area contributed by atoms with Crippen LogP contribution in [0.3, 0.4) is 0 Å². The Morgan fingerprint density at radius 1 is 1.48 bits per heavy atom. The molecule has 0 aliphatic rings. The number of anilines is 1. The maximum Gasteiger partial charge on any atom is 0.417 e. The summed E-state index contributed by atoms with van der Waals surface area (Å²) in [5.41, 5.74) is 3.95. The number of halogens is 3. The second-order valence-corrected chi connectivity index (χ2v) is 4.63. The van der Waals surface area contributed by atoms with E-state index in [2.05, 4.69) is 5.32 Å². The van der Waals surface area contributed by atoms with Crippen molar-refractivity contribution >= 4 is 11.6 Å². The Labute approximate surface area is 120 Å². The van der Waals surface area contributed by atoms with Gasteiger partial charge in [-0.2, -0.15) is 18.4 Å². The van der Waals surface area contributed by atoms with E-state index in [0.717, 1.165) is 12.1 Å². The van der Waals surface area contributed by atoms with Crippen LogP contribution in [0.4, 0.5) is 18.9 Å². The quantitative estimate of drug-likeness (QED) is 0.877. The monoisotopic (exact) mass is 299 g/mol. The second kappa shape index (κ2) is 7.09. The minimum atomic E-state index is -4.64. The molecule has 1 amide bonds. The van der Waals surface area contributed by atoms with E-state index in [1.54, 1.807) is 0 Å². The first kappa shape index (κ1) is 17.0. The number of hydrogen-bond donors (Lipinski definition) is 2. The minimum absolute atomic E-state index is 0.00883. The SMILES string of the molecule is CCC(CN)CC(=O)Nc1ccc(C#N)c(C(F)(F)F)c1. The van der Waals surface area contributed by atoms with E-state index in [4.69, 9.17) is 11.0 Å². The lowest BCUT2D eigenvalue weighted by Gasteiger charge is -2.14. The molecule has 4 nitrogen and oxygen atoms in total. The highest BCUT2D eigenvalue weighted by molar-refractivity contribution is 5.91. The van der Waals surface area contributed by atoms with E-state index in [1.165, 1.54) is 12.1 Å². The predicted molar refractivity (Wildman–Crippen MR) is 72.2 cm³/mol. The normalized spacial score (nSPS) is 12.6. The standard InChI is InChI=1S/C14H16F3N3O/c1-2-9(7-18)5-13(21)20-11-4-3-10(8-19)12(6-11)14(15,16)17/h3-4,6,9H,2,5,7,18H2,1H3,(H,20,21). The Morgan fingerprint density at radius 2 is 2.14 bits per heavy atom. The number of alkyl halides is 3. The van der Waals surface area contributed by atoms with Crippen molar-refractivity contribution in [3.63, 3.8) is 0 Å². The summed E-state index contributed by atoms with van der Waals surface area (Å²) in [4.78, 5) is 11.7. The van der Waals surface area contributed by atoms with Gasteiger partial charge in [0.15, 0.2) is 0 Å². The molecule has 0 radical (unpaired) electrons. The lowest BCUT2D eigenvalue weighted by molar-refractivity contribution is -0.137. The largest absolute Gasteiger partial charge is 0.417 e. The molecule has 1 aromatic carbocycles. The zero-order chi connectivity index (χ0) is 16.0. The summed E-state index contributed by atoms with van der Waals surface area (Å²) in [5, 5.41) is 11.1. The average Bonchev–Trinajstić information content (AvgIpc) is 2.43. The number of nitrogens with zero attached hydrogens (tertiary/aromatic N) is 1. The van der Waals surface area contributed by atoms with Gasteiger partial charge in [-0.05, 0) is 30.7 Å². The Kier molecular flexibility index (Phi) is 5.73. The Morgan fingerprint density at radius 3 is 2.62 bits per heavy atom. The van der Waals surface area contributed by atoms with Crippen LogP contribution in [0.1, 0.15) is 30.9 Å². The molecule has 0 aliphatic heterocycles. The Balaban J connectivity index is 2.91. The first-order valence-corrected chi connectivity index (χ1v) is 6.43. The molecule has 1 rings (SSSR count). The Hall–Kier alpha value is -2.07. The number of rotatable bonds is 5. The van der Waals surface area contributed by atoms with Crippen LogP contribution in [0.5, 0.6) is 0 Å². The van der Waals surface area contributed by atoms with Crippen molar-refractivity contribution in [3.8, 4) is 6.07 Å². The van der Waals surface area contributed by atoms with Crippen LogP contribution in [-0.4, -0.2) is 12.5 Å². The van der Waals surface area contributed by atoms with Crippen molar-refractivity contribution in [1.82, 2.24) is 0 Å². The van der Waals surface area contributed by atoms with E-state index in [-0.39, 0.29) is 18.0 Å². The molecule has 3 N–H and O–H groups in total. The molecule has 0 saturated heterocycles. The topological polar surface area (TPSA) is 78.9 Å². The third-order valence-corrected chi connectivity index (χ3v) is 3.11. The maximum absolute atomic E-state index is 12.8. The lowest BCUT2D eigenvalue weighted by Crippen LogP contribution is -2.22. The van der Waals surface area contributed by atoms with Crippen LogP contribution in [0.2, 0.25) is 0 Å². The van der Waals surface area contributed by atoms with Gasteiger partial charge >= 0.3 is 6.18 Å². The molecule has 0 spiro atoms. The summed E-state index contributed by atoms with van der Waals surface area (Å²) in [6.07, 6.45) is -3.78. The molecule has 1 atom stereocenters. The number of nitrogens with two attached hydrogens (primary N) is 1. The van der Waals surface area contributed by atoms with Crippen molar-refractivity contribution in [2.24, 2.45) is 11.7 Å². The van der Waals surface area contributed by atoms with E-state index in [1.807, 2.05) is 6.92 Å². The van der Waals surface area contributed by atoms with Gasteiger partial charge in [0.25, 0.3) is 0 Å². The third kappa shape index (κ3) is 4.76.